The Kier molecular flexibility index (Phi) is 5.53. The zero-order valence-electron chi connectivity index (χ0n) is 11.7. The van der Waals surface area contributed by atoms with Crippen LogP contribution < -0.4 is 5.32 Å². The lowest BCUT2D eigenvalue weighted by Crippen LogP contribution is -2.45. The van der Waals surface area contributed by atoms with Crippen molar-refractivity contribution in [1.29, 1.82) is 0 Å². The molecule has 0 radical (unpaired) electrons. The lowest BCUT2D eigenvalue weighted by molar-refractivity contribution is 0.0895. The Hall–Kier alpha value is -1.86. The van der Waals surface area contributed by atoms with Crippen LogP contribution in [0, 0.1) is 11.8 Å². The summed E-state index contributed by atoms with van der Waals surface area (Å²) in [4.78, 5) is 16.3. The van der Waals surface area contributed by atoms with Gasteiger partial charge in [-0.15, -0.1) is 0 Å². The maximum Gasteiger partial charge on any atom is 0.271 e. The fourth-order valence-electron chi connectivity index (χ4n) is 1.58. The second-order valence-electron chi connectivity index (χ2n) is 4.58. The quantitative estimate of drug-likeness (QED) is 0.810. The summed E-state index contributed by atoms with van der Waals surface area (Å²) < 4.78 is 0. The first kappa shape index (κ1) is 15.2. The Balaban J connectivity index is 3.00. The first-order valence-corrected chi connectivity index (χ1v) is 6.43. The average Bonchev–Trinajstić information content (AvgIpc) is 2.45. The molecule has 0 aliphatic heterocycles. The van der Waals surface area contributed by atoms with Crippen LogP contribution in [0.1, 0.15) is 49.7 Å². The van der Waals surface area contributed by atoms with Crippen molar-refractivity contribution < 1.29 is 9.90 Å². The molecule has 0 aromatic carbocycles. The number of nitrogens with zero attached hydrogens (tertiary/aromatic N) is 1. The fourth-order valence-corrected chi connectivity index (χ4v) is 1.58. The van der Waals surface area contributed by atoms with E-state index in [2.05, 4.69) is 22.1 Å². The Morgan fingerprint density at radius 1 is 1.47 bits per heavy atom. The number of carbonyl (C=O) groups excluding carboxylic acids is 1. The van der Waals surface area contributed by atoms with E-state index in [0.717, 1.165) is 12.8 Å². The van der Waals surface area contributed by atoms with Gasteiger partial charge >= 0.3 is 0 Å². The van der Waals surface area contributed by atoms with Crippen molar-refractivity contribution in [1.82, 2.24) is 10.3 Å². The first-order valence-electron chi connectivity index (χ1n) is 6.43. The highest BCUT2D eigenvalue weighted by atomic mass is 16.2. The standard InChI is InChI=1S/C15H20N2O2/c1-4-15(3,5-2)17-14(19)13-12(9-7-11-18)8-6-10-16-13/h6,8,10,18H,4-5,11H2,1-3H3,(H,17,19). The van der Waals surface area contributed by atoms with Crippen molar-refractivity contribution in [2.45, 2.75) is 39.2 Å². The van der Waals surface area contributed by atoms with Gasteiger partial charge in [0.25, 0.3) is 5.91 Å². The molecule has 102 valence electrons. The Labute approximate surface area is 114 Å². The van der Waals surface area contributed by atoms with Crippen LogP contribution in [0.3, 0.4) is 0 Å². The number of aliphatic hydroxyl groups is 1. The molecule has 0 saturated carbocycles. The third kappa shape index (κ3) is 4.08. The van der Waals surface area contributed by atoms with Gasteiger partial charge < -0.3 is 10.4 Å². The van der Waals surface area contributed by atoms with Crippen molar-refractivity contribution in [2.24, 2.45) is 0 Å². The second-order valence-corrected chi connectivity index (χ2v) is 4.58. The molecule has 0 aliphatic carbocycles. The van der Waals surface area contributed by atoms with Crippen LogP contribution in [0.2, 0.25) is 0 Å². The molecule has 1 rings (SSSR count). The van der Waals surface area contributed by atoms with E-state index in [0.29, 0.717) is 11.3 Å². The van der Waals surface area contributed by atoms with E-state index in [-0.39, 0.29) is 18.1 Å². The first-order chi connectivity index (χ1) is 9.06. The molecule has 0 saturated heterocycles. The van der Waals surface area contributed by atoms with Crippen LogP contribution in [0.4, 0.5) is 0 Å². The van der Waals surface area contributed by atoms with Crippen molar-refractivity contribution >= 4 is 5.91 Å². The number of nitrogens with one attached hydrogen (secondary N) is 1. The molecule has 0 fully saturated rings. The molecule has 0 unspecified atom stereocenters. The molecule has 1 aromatic rings. The molecule has 0 aliphatic rings. The van der Waals surface area contributed by atoms with Gasteiger partial charge in [0.15, 0.2) is 0 Å². The fraction of sp³-hybridized carbons (Fsp3) is 0.467. The second kappa shape index (κ2) is 6.91. The zero-order valence-corrected chi connectivity index (χ0v) is 11.7. The van der Waals surface area contributed by atoms with Crippen molar-refractivity contribution in [3.63, 3.8) is 0 Å². The Bertz CT molecular complexity index is 496. The van der Waals surface area contributed by atoms with E-state index in [9.17, 15) is 4.79 Å². The van der Waals surface area contributed by atoms with Crippen LogP contribution in [-0.2, 0) is 0 Å². The number of aromatic nitrogens is 1. The van der Waals surface area contributed by atoms with Gasteiger partial charge in [-0.25, -0.2) is 4.98 Å². The molecule has 2 N–H and O–H groups in total. The summed E-state index contributed by atoms with van der Waals surface area (Å²) in [6, 6.07) is 3.44. The van der Waals surface area contributed by atoms with Gasteiger partial charge in [0, 0.05) is 11.7 Å². The number of hydrogen-bond acceptors (Lipinski definition) is 3. The molecule has 19 heavy (non-hydrogen) atoms. The topological polar surface area (TPSA) is 62.2 Å². The van der Waals surface area contributed by atoms with Crippen molar-refractivity contribution in [2.75, 3.05) is 6.61 Å². The molecular formula is C15H20N2O2. The Morgan fingerprint density at radius 3 is 2.74 bits per heavy atom. The van der Waals surface area contributed by atoms with E-state index < -0.39 is 0 Å². The number of hydrogen-bond donors (Lipinski definition) is 2. The molecule has 4 nitrogen and oxygen atoms in total. The number of amides is 1. The predicted octanol–water partition coefficient (Wildman–Crippen LogP) is 1.73. The molecule has 0 spiro atoms. The van der Waals surface area contributed by atoms with Gasteiger partial charge in [-0.2, -0.15) is 0 Å². The molecule has 1 amide bonds. The minimum Gasteiger partial charge on any atom is -0.384 e. The highest BCUT2D eigenvalue weighted by Crippen LogP contribution is 2.15. The Morgan fingerprint density at radius 2 is 2.16 bits per heavy atom. The van der Waals surface area contributed by atoms with Crippen LogP contribution in [-0.4, -0.2) is 28.1 Å². The molecule has 1 aromatic heterocycles. The van der Waals surface area contributed by atoms with E-state index in [1.54, 1.807) is 18.3 Å². The summed E-state index contributed by atoms with van der Waals surface area (Å²) in [5.41, 5.74) is 0.594. The molecule has 0 bridgehead atoms. The van der Waals surface area contributed by atoms with Gasteiger partial charge in [0.2, 0.25) is 0 Å². The summed E-state index contributed by atoms with van der Waals surface area (Å²) in [5.74, 6) is 5.05. The highest BCUT2D eigenvalue weighted by Gasteiger charge is 2.24. The highest BCUT2D eigenvalue weighted by molar-refractivity contribution is 5.95. The van der Waals surface area contributed by atoms with Crippen molar-refractivity contribution in [3.8, 4) is 11.8 Å². The largest absolute Gasteiger partial charge is 0.384 e. The van der Waals surface area contributed by atoms with E-state index in [1.807, 2.05) is 20.8 Å². The van der Waals surface area contributed by atoms with Crippen LogP contribution in [0.25, 0.3) is 0 Å². The minimum absolute atomic E-state index is 0.228. The normalized spacial score (nSPS) is 10.5. The van der Waals surface area contributed by atoms with E-state index >= 15 is 0 Å². The van der Waals surface area contributed by atoms with Gasteiger partial charge in [-0.3, -0.25) is 4.79 Å². The SMILES string of the molecule is CCC(C)(CC)NC(=O)c1ncccc1C#CCO. The summed E-state index contributed by atoms with van der Waals surface area (Å²) >= 11 is 0. The van der Waals surface area contributed by atoms with Crippen LogP contribution >= 0.6 is 0 Å². The average molecular weight is 260 g/mol. The number of carbonyl (C=O) groups is 1. The lowest BCUT2D eigenvalue weighted by atomic mass is 9.95. The zero-order chi connectivity index (χ0) is 14.3. The third-order valence-electron chi connectivity index (χ3n) is 3.30. The molecular weight excluding hydrogens is 240 g/mol. The number of pyridine rings is 1. The maximum absolute atomic E-state index is 12.3. The summed E-state index contributed by atoms with van der Waals surface area (Å²) in [6.45, 7) is 5.84. The van der Waals surface area contributed by atoms with Gasteiger partial charge in [0.05, 0.1) is 5.56 Å². The smallest absolute Gasteiger partial charge is 0.271 e. The predicted molar refractivity (Wildman–Crippen MR) is 74.7 cm³/mol. The summed E-state index contributed by atoms with van der Waals surface area (Å²) in [7, 11) is 0. The summed E-state index contributed by atoms with van der Waals surface area (Å²) in [5, 5.41) is 11.7. The minimum atomic E-state index is -0.240. The molecule has 4 heteroatoms. The number of rotatable bonds is 4. The third-order valence-corrected chi connectivity index (χ3v) is 3.30. The lowest BCUT2D eigenvalue weighted by Gasteiger charge is -2.28. The maximum atomic E-state index is 12.3. The number of aliphatic hydroxyl groups excluding tert-OH is 1. The van der Waals surface area contributed by atoms with E-state index in [4.69, 9.17) is 5.11 Å². The van der Waals surface area contributed by atoms with Crippen LogP contribution in [0.5, 0.6) is 0 Å². The van der Waals surface area contributed by atoms with Gasteiger partial charge in [-0.1, -0.05) is 25.7 Å². The van der Waals surface area contributed by atoms with Gasteiger partial charge in [-0.05, 0) is 31.9 Å². The molecule has 1 heterocycles. The van der Waals surface area contributed by atoms with Crippen LogP contribution in [0.15, 0.2) is 18.3 Å². The molecule has 0 atom stereocenters. The van der Waals surface area contributed by atoms with E-state index in [1.165, 1.54) is 0 Å². The van der Waals surface area contributed by atoms with Crippen molar-refractivity contribution in [3.05, 3.63) is 29.6 Å². The summed E-state index contributed by atoms with van der Waals surface area (Å²) in [6.07, 6.45) is 3.26. The monoisotopic (exact) mass is 260 g/mol. The van der Waals surface area contributed by atoms with Gasteiger partial charge in [0.1, 0.15) is 12.3 Å².